The third-order valence-corrected chi connectivity index (χ3v) is 16.7. The highest BCUT2D eigenvalue weighted by atomic mass is 16.5. The smallest absolute Gasteiger partial charge is 0.372 e. The standard InChI is InChI=1S/C56H71N2O4/c1-6-47(41-16-10-7-11-17-41)54(42-18-12-8-13-19-42)43-21-24-45(25-22-43)61-37-36-57(5)52(59)29-20-40(2)49-27-28-50-48-26-23-44-38-46(62-53(60)39-58-34-14-9-15-35-58)30-32-55(44,3)51(48)31-33-56(49,50)4/h7-19,21-22,24-25,34-35,40,44,46,48-51H,6,20,23,26-33,36-39H2,1-5H3/q+1/b54-47-/t40-,44-,46-,48+,49-,50+,51+,55+,56-/m1/s1. The van der Waals surface area contributed by atoms with Gasteiger partial charge in [-0.25, -0.2) is 4.79 Å². The van der Waals surface area contributed by atoms with Crippen LogP contribution in [-0.4, -0.2) is 43.1 Å². The van der Waals surface area contributed by atoms with Gasteiger partial charge in [-0.15, -0.1) is 0 Å². The van der Waals surface area contributed by atoms with Crippen LogP contribution in [0.25, 0.3) is 11.1 Å². The highest BCUT2D eigenvalue weighted by molar-refractivity contribution is 5.98. The van der Waals surface area contributed by atoms with Gasteiger partial charge >= 0.3 is 5.97 Å². The molecule has 6 nitrogen and oxygen atoms in total. The number of rotatable bonds is 15. The van der Waals surface area contributed by atoms with Crippen LogP contribution in [0.15, 0.2) is 116 Å². The number of carbonyl (C=O) groups is 2. The number of fused-ring (bicyclic) bond motifs is 5. The minimum Gasteiger partial charge on any atom is -0.492 e. The van der Waals surface area contributed by atoms with Crippen LogP contribution in [-0.2, 0) is 20.9 Å². The first kappa shape index (κ1) is 43.9. The Kier molecular flexibility index (Phi) is 13.7. The van der Waals surface area contributed by atoms with Crippen LogP contribution in [0.2, 0.25) is 0 Å². The molecule has 0 bridgehead atoms. The largest absolute Gasteiger partial charge is 0.492 e. The van der Waals surface area contributed by atoms with Gasteiger partial charge in [-0.1, -0.05) is 107 Å². The van der Waals surface area contributed by atoms with Crippen LogP contribution >= 0.6 is 0 Å². The fraction of sp³-hybridized carbons (Fsp3) is 0.518. The molecule has 0 saturated heterocycles. The van der Waals surface area contributed by atoms with E-state index in [9.17, 15) is 9.59 Å². The highest BCUT2D eigenvalue weighted by Crippen LogP contribution is 2.68. The van der Waals surface area contributed by atoms with Gasteiger partial charge in [0.05, 0.1) is 6.54 Å². The summed E-state index contributed by atoms with van der Waals surface area (Å²) in [6.45, 7) is 11.2. The molecule has 6 heteroatoms. The summed E-state index contributed by atoms with van der Waals surface area (Å²) < 4.78 is 14.2. The van der Waals surface area contributed by atoms with Crippen molar-refractivity contribution in [2.75, 3.05) is 20.2 Å². The molecule has 4 fully saturated rings. The summed E-state index contributed by atoms with van der Waals surface area (Å²) >= 11 is 0. The van der Waals surface area contributed by atoms with Gasteiger partial charge in [0, 0.05) is 25.6 Å². The summed E-state index contributed by atoms with van der Waals surface area (Å²) in [5.74, 6) is 5.14. The monoisotopic (exact) mass is 836 g/mol. The molecule has 62 heavy (non-hydrogen) atoms. The van der Waals surface area contributed by atoms with Crippen LogP contribution in [0.4, 0.5) is 0 Å². The second-order valence-corrected chi connectivity index (χ2v) is 20.0. The highest BCUT2D eigenvalue weighted by Gasteiger charge is 2.60. The van der Waals surface area contributed by atoms with Crippen molar-refractivity contribution in [2.24, 2.45) is 46.3 Å². The first-order chi connectivity index (χ1) is 30.1. The minimum atomic E-state index is -0.112. The molecule has 0 spiro atoms. The maximum absolute atomic E-state index is 13.5. The van der Waals surface area contributed by atoms with E-state index in [1.807, 2.05) is 47.1 Å². The molecule has 3 aromatic carbocycles. The van der Waals surface area contributed by atoms with Gasteiger partial charge in [-0.05, 0) is 157 Å². The summed E-state index contributed by atoms with van der Waals surface area (Å²) in [6.07, 6.45) is 17.4. The molecule has 9 atom stereocenters. The second kappa shape index (κ2) is 19.4. The number of hydrogen-bond donors (Lipinski definition) is 0. The van der Waals surface area contributed by atoms with Gasteiger partial charge in [0.15, 0.2) is 12.4 Å². The molecule has 0 radical (unpaired) electrons. The third kappa shape index (κ3) is 9.31. The topological polar surface area (TPSA) is 59.7 Å². The van der Waals surface area contributed by atoms with Crippen molar-refractivity contribution in [1.29, 1.82) is 0 Å². The number of carbonyl (C=O) groups excluding carboxylic acids is 2. The van der Waals surface area contributed by atoms with Gasteiger partial charge in [-0.2, -0.15) is 4.57 Å². The van der Waals surface area contributed by atoms with Gasteiger partial charge in [-0.3, -0.25) is 4.79 Å². The first-order valence-electron chi connectivity index (χ1n) is 24.0. The lowest BCUT2D eigenvalue weighted by molar-refractivity contribution is -0.686. The summed E-state index contributed by atoms with van der Waals surface area (Å²) in [6, 6.07) is 35.7. The predicted molar refractivity (Wildman–Crippen MR) is 249 cm³/mol. The number of likely N-dealkylation sites (N-methyl/N-ethyl adjacent to an activating group) is 1. The normalized spacial score (nSPS) is 28.7. The van der Waals surface area contributed by atoms with Crippen molar-refractivity contribution >= 4 is 23.0 Å². The maximum atomic E-state index is 13.5. The number of allylic oxidation sites excluding steroid dienone is 1. The van der Waals surface area contributed by atoms with Crippen molar-refractivity contribution in [1.82, 2.24) is 4.90 Å². The van der Waals surface area contributed by atoms with E-state index in [1.165, 1.54) is 72.8 Å². The van der Waals surface area contributed by atoms with E-state index in [4.69, 9.17) is 9.47 Å². The van der Waals surface area contributed by atoms with Crippen LogP contribution in [0.1, 0.15) is 121 Å². The zero-order valence-electron chi connectivity index (χ0n) is 38.1. The number of hydrogen-bond acceptors (Lipinski definition) is 4. The Morgan fingerprint density at radius 2 is 1.40 bits per heavy atom. The number of pyridine rings is 1. The van der Waals surface area contributed by atoms with E-state index >= 15 is 0 Å². The zero-order chi connectivity index (χ0) is 43.3. The zero-order valence-corrected chi connectivity index (χ0v) is 38.1. The van der Waals surface area contributed by atoms with E-state index < -0.39 is 0 Å². The molecular weight excluding hydrogens is 765 g/mol. The van der Waals surface area contributed by atoms with E-state index in [0.29, 0.717) is 48.2 Å². The van der Waals surface area contributed by atoms with Gasteiger partial charge in [0.25, 0.3) is 0 Å². The number of benzene rings is 3. The van der Waals surface area contributed by atoms with Gasteiger partial charge in [0.2, 0.25) is 12.5 Å². The SMILES string of the molecule is CC/C(=C(\c1ccccc1)c1ccc(OCCN(C)C(=O)CC[C@@H](C)[C@H]2CC[C@H]3[C@@H]4CC[C@@H]5C[C@H](OC(=O)C[n+]6ccccc6)CC[C@]5(C)[C@H]4CC[C@]23C)cc1)c1ccccc1. The molecule has 1 aromatic heterocycles. The second-order valence-electron chi connectivity index (χ2n) is 20.0. The Bertz CT molecular complexity index is 2140. The molecule has 1 heterocycles. The molecule has 0 unspecified atom stereocenters. The molecule has 0 aliphatic heterocycles. The quantitative estimate of drug-likeness (QED) is 0.0680. The molecule has 8 rings (SSSR count). The molecule has 0 N–H and O–H groups in total. The van der Waals surface area contributed by atoms with Crippen molar-refractivity contribution in [3.8, 4) is 5.75 Å². The lowest BCUT2D eigenvalue weighted by atomic mass is 9.44. The molecule has 1 amide bonds. The lowest BCUT2D eigenvalue weighted by Crippen LogP contribution is -2.54. The number of ether oxygens (including phenoxy) is 2. The Hall–Kier alpha value is -4.71. The average molecular weight is 836 g/mol. The number of amides is 1. The fourth-order valence-corrected chi connectivity index (χ4v) is 13.4. The minimum absolute atomic E-state index is 0.0514. The number of nitrogens with zero attached hydrogens (tertiary/aromatic N) is 2. The molecule has 4 aliphatic rings. The van der Waals surface area contributed by atoms with Crippen molar-refractivity contribution in [3.05, 3.63) is 132 Å². The van der Waals surface area contributed by atoms with E-state index in [-0.39, 0.29) is 24.5 Å². The van der Waals surface area contributed by atoms with Crippen LogP contribution < -0.4 is 9.30 Å². The summed E-state index contributed by atoms with van der Waals surface area (Å²) in [5.41, 5.74) is 6.89. The fourth-order valence-electron chi connectivity index (χ4n) is 13.4. The van der Waals surface area contributed by atoms with Crippen LogP contribution in [0.5, 0.6) is 5.75 Å². The van der Waals surface area contributed by atoms with Crippen molar-refractivity contribution in [2.45, 2.75) is 117 Å². The summed E-state index contributed by atoms with van der Waals surface area (Å²) in [7, 11) is 1.93. The molecular formula is C56H71N2O4+. The average Bonchev–Trinajstić information content (AvgIpc) is 3.66. The van der Waals surface area contributed by atoms with Crippen molar-refractivity contribution in [3.63, 3.8) is 0 Å². The first-order valence-corrected chi connectivity index (χ1v) is 24.0. The predicted octanol–water partition coefficient (Wildman–Crippen LogP) is 11.9. The Labute approximate surface area is 372 Å². The number of aromatic nitrogens is 1. The molecule has 328 valence electrons. The van der Waals surface area contributed by atoms with E-state index in [0.717, 1.165) is 49.2 Å². The lowest BCUT2D eigenvalue weighted by Gasteiger charge is -2.61. The van der Waals surface area contributed by atoms with E-state index in [1.54, 1.807) is 0 Å². The maximum Gasteiger partial charge on any atom is 0.372 e. The van der Waals surface area contributed by atoms with Gasteiger partial charge in [0.1, 0.15) is 18.5 Å². The van der Waals surface area contributed by atoms with E-state index in [2.05, 4.69) is 113 Å². The molecule has 4 aromatic rings. The Balaban J connectivity index is 0.804. The van der Waals surface area contributed by atoms with Crippen LogP contribution in [0.3, 0.4) is 0 Å². The Morgan fingerprint density at radius 3 is 2.11 bits per heavy atom. The molecule has 4 saturated carbocycles. The molecule has 4 aliphatic carbocycles. The third-order valence-electron chi connectivity index (χ3n) is 16.7. The van der Waals surface area contributed by atoms with Crippen LogP contribution in [0, 0.1) is 46.3 Å². The van der Waals surface area contributed by atoms with Crippen molar-refractivity contribution < 1.29 is 23.6 Å². The van der Waals surface area contributed by atoms with Gasteiger partial charge < -0.3 is 14.4 Å². The summed E-state index contributed by atoms with van der Waals surface area (Å²) in [5, 5.41) is 0. The summed E-state index contributed by atoms with van der Waals surface area (Å²) in [4.78, 5) is 28.2. The Morgan fingerprint density at radius 1 is 0.758 bits per heavy atom. The number of esters is 1.